The largest absolute Gasteiger partial charge is 0.355 e. The third-order valence-electron chi connectivity index (χ3n) is 5.56. The lowest BCUT2D eigenvalue weighted by atomic mass is 9.84. The predicted octanol–water partition coefficient (Wildman–Crippen LogP) is 2.24. The Morgan fingerprint density at radius 3 is 2.43 bits per heavy atom. The minimum Gasteiger partial charge on any atom is -0.355 e. The van der Waals surface area contributed by atoms with E-state index in [1.54, 1.807) is 24.1 Å². The van der Waals surface area contributed by atoms with Crippen molar-refractivity contribution in [2.45, 2.75) is 31.7 Å². The number of hydrogen-bond donors (Lipinski definition) is 2. The van der Waals surface area contributed by atoms with E-state index in [1.165, 1.54) is 6.07 Å². The van der Waals surface area contributed by atoms with Crippen LogP contribution in [0.1, 0.15) is 37.3 Å². The number of nitrogens with one attached hydrogen (secondary N) is 2. The van der Waals surface area contributed by atoms with Crippen molar-refractivity contribution in [3.8, 4) is 0 Å². The Labute approximate surface area is 168 Å². The molecule has 1 atom stereocenters. The maximum absolute atomic E-state index is 13.6. The summed E-state index contributed by atoms with van der Waals surface area (Å²) in [7, 11) is 9.29. The molecule has 156 valence electrons. The van der Waals surface area contributed by atoms with Gasteiger partial charge in [-0.15, -0.1) is 0 Å². The van der Waals surface area contributed by atoms with Crippen molar-refractivity contribution in [1.29, 1.82) is 0 Å². The lowest BCUT2D eigenvalue weighted by molar-refractivity contribution is -0.138. The summed E-state index contributed by atoms with van der Waals surface area (Å²) in [4.78, 5) is 20.8. The first-order valence-electron chi connectivity index (χ1n) is 9.87. The van der Waals surface area contributed by atoms with E-state index in [1.807, 2.05) is 39.2 Å². The molecule has 1 aliphatic rings. The van der Waals surface area contributed by atoms with Gasteiger partial charge in [-0.25, -0.2) is 4.39 Å². The Kier molecular flexibility index (Phi) is 7.80. The lowest BCUT2D eigenvalue weighted by Crippen LogP contribution is -2.50. The number of rotatable bonds is 7. The van der Waals surface area contributed by atoms with Crippen molar-refractivity contribution in [3.05, 3.63) is 35.6 Å². The second-order valence-electron chi connectivity index (χ2n) is 8.03. The highest BCUT2D eigenvalue weighted by molar-refractivity contribution is 5.85. The minimum absolute atomic E-state index is 0.00176. The molecule has 0 aliphatic heterocycles. The zero-order valence-corrected chi connectivity index (χ0v) is 17.8. The Morgan fingerprint density at radius 1 is 1.21 bits per heavy atom. The van der Waals surface area contributed by atoms with E-state index in [0.717, 1.165) is 31.2 Å². The molecule has 2 N–H and O–H groups in total. The first-order chi connectivity index (χ1) is 13.3. The molecule has 1 saturated carbocycles. The molecule has 1 aromatic rings. The molecule has 1 fully saturated rings. The molecule has 7 heteroatoms. The molecule has 0 radical (unpaired) electrons. The van der Waals surface area contributed by atoms with Gasteiger partial charge in [0.15, 0.2) is 5.96 Å². The summed E-state index contributed by atoms with van der Waals surface area (Å²) in [6, 6.07) is 6.66. The number of nitrogens with zero attached hydrogens (tertiary/aromatic N) is 3. The summed E-state index contributed by atoms with van der Waals surface area (Å²) in [5.41, 5.74) is 0.549. The van der Waals surface area contributed by atoms with Gasteiger partial charge in [-0.3, -0.25) is 9.79 Å². The van der Waals surface area contributed by atoms with Crippen molar-refractivity contribution in [3.63, 3.8) is 0 Å². The van der Waals surface area contributed by atoms with Gasteiger partial charge in [-0.05, 0) is 44.6 Å². The molecule has 0 saturated heterocycles. The number of halogens is 1. The molecule has 1 amide bonds. The van der Waals surface area contributed by atoms with Gasteiger partial charge in [0.1, 0.15) is 5.82 Å². The zero-order valence-electron chi connectivity index (χ0n) is 17.8. The normalized spacial score (nSPS) is 17.5. The third kappa shape index (κ3) is 5.44. The van der Waals surface area contributed by atoms with Gasteiger partial charge >= 0.3 is 0 Å². The molecule has 2 rings (SSSR count). The van der Waals surface area contributed by atoms with Crippen LogP contribution >= 0.6 is 0 Å². The SMILES string of the molecule is CN=C(NCC(c1cccc(F)c1)N(C)C)NCC1(C(=O)N(C)C)CCCC1. The molecule has 1 aromatic carbocycles. The van der Waals surface area contributed by atoms with Crippen LogP contribution in [0.15, 0.2) is 29.3 Å². The zero-order chi connectivity index (χ0) is 20.7. The second kappa shape index (κ2) is 9.87. The Hall–Kier alpha value is -2.15. The van der Waals surface area contributed by atoms with E-state index >= 15 is 0 Å². The van der Waals surface area contributed by atoms with Gasteiger partial charge in [-0.1, -0.05) is 25.0 Å². The molecule has 1 aliphatic carbocycles. The maximum atomic E-state index is 13.6. The van der Waals surface area contributed by atoms with Crippen molar-refractivity contribution in [2.24, 2.45) is 10.4 Å². The van der Waals surface area contributed by atoms with Crippen molar-refractivity contribution in [2.75, 3.05) is 48.3 Å². The molecule has 0 heterocycles. The fourth-order valence-corrected chi connectivity index (χ4v) is 3.97. The highest BCUT2D eigenvalue weighted by Gasteiger charge is 2.42. The number of benzene rings is 1. The van der Waals surface area contributed by atoms with Crippen LogP contribution in [0.4, 0.5) is 4.39 Å². The van der Waals surface area contributed by atoms with Gasteiger partial charge < -0.3 is 20.4 Å². The standard InChI is InChI=1S/C21H34FN5O/c1-23-20(25-15-21(11-6-7-12-21)19(28)27(4)5)24-14-18(26(2)3)16-9-8-10-17(22)13-16/h8-10,13,18H,6-7,11-12,14-15H2,1-5H3,(H2,23,24,25). The van der Waals surface area contributed by atoms with Crippen LogP contribution in [0, 0.1) is 11.2 Å². The molecule has 0 bridgehead atoms. The van der Waals surface area contributed by atoms with Crippen molar-refractivity contribution >= 4 is 11.9 Å². The Balaban J connectivity index is 2.00. The topological polar surface area (TPSA) is 60.0 Å². The highest BCUT2D eigenvalue weighted by atomic mass is 19.1. The third-order valence-corrected chi connectivity index (χ3v) is 5.56. The summed E-state index contributed by atoms with van der Waals surface area (Å²) in [6.45, 7) is 1.14. The van der Waals surface area contributed by atoms with Gasteiger partial charge in [0.25, 0.3) is 0 Å². The minimum atomic E-state index is -0.357. The van der Waals surface area contributed by atoms with E-state index in [4.69, 9.17) is 0 Å². The van der Waals surface area contributed by atoms with E-state index in [9.17, 15) is 9.18 Å². The predicted molar refractivity (Wildman–Crippen MR) is 112 cm³/mol. The van der Waals surface area contributed by atoms with Crippen LogP contribution in [-0.4, -0.2) is 70.0 Å². The van der Waals surface area contributed by atoms with Crippen molar-refractivity contribution in [1.82, 2.24) is 20.4 Å². The van der Waals surface area contributed by atoms with Crippen LogP contribution in [0.2, 0.25) is 0 Å². The number of guanidine groups is 1. The number of carbonyl (C=O) groups excluding carboxylic acids is 1. The van der Waals surface area contributed by atoms with Crippen LogP contribution < -0.4 is 10.6 Å². The summed E-state index contributed by atoms with van der Waals surface area (Å²) in [5, 5.41) is 6.67. The average Bonchev–Trinajstić information content (AvgIpc) is 3.13. The lowest BCUT2D eigenvalue weighted by Gasteiger charge is -2.32. The van der Waals surface area contributed by atoms with Crippen LogP contribution in [0.5, 0.6) is 0 Å². The Morgan fingerprint density at radius 2 is 1.89 bits per heavy atom. The summed E-state index contributed by atoms with van der Waals surface area (Å²) < 4.78 is 13.6. The highest BCUT2D eigenvalue weighted by Crippen LogP contribution is 2.38. The first kappa shape index (κ1) is 22.1. The fraction of sp³-hybridized carbons (Fsp3) is 0.619. The summed E-state index contributed by atoms with van der Waals surface area (Å²) >= 11 is 0. The smallest absolute Gasteiger partial charge is 0.230 e. The van der Waals surface area contributed by atoms with E-state index < -0.39 is 0 Å². The van der Waals surface area contributed by atoms with Crippen LogP contribution in [-0.2, 0) is 4.79 Å². The van der Waals surface area contributed by atoms with Gasteiger partial charge in [-0.2, -0.15) is 0 Å². The van der Waals surface area contributed by atoms with Gasteiger partial charge in [0.2, 0.25) is 5.91 Å². The molecule has 28 heavy (non-hydrogen) atoms. The average molecular weight is 392 g/mol. The van der Waals surface area contributed by atoms with Gasteiger partial charge in [0.05, 0.1) is 11.5 Å². The number of likely N-dealkylation sites (N-methyl/N-ethyl adjacent to an activating group) is 1. The fourth-order valence-electron chi connectivity index (χ4n) is 3.97. The second-order valence-corrected chi connectivity index (χ2v) is 8.03. The molecule has 6 nitrogen and oxygen atoms in total. The molecular formula is C21H34FN5O. The van der Waals surface area contributed by atoms with E-state index in [2.05, 4.69) is 15.6 Å². The summed E-state index contributed by atoms with van der Waals surface area (Å²) in [6.07, 6.45) is 3.96. The molecule has 1 unspecified atom stereocenters. The number of hydrogen-bond acceptors (Lipinski definition) is 3. The Bertz CT molecular complexity index is 683. The molecule has 0 aromatic heterocycles. The summed E-state index contributed by atoms with van der Waals surface area (Å²) in [5.74, 6) is 0.595. The van der Waals surface area contributed by atoms with Crippen LogP contribution in [0.3, 0.4) is 0 Å². The number of amides is 1. The van der Waals surface area contributed by atoms with Crippen LogP contribution in [0.25, 0.3) is 0 Å². The first-order valence-corrected chi connectivity index (χ1v) is 9.87. The number of carbonyl (C=O) groups is 1. The van der Waals surface area contributed by atoms with Gasteiger partial charge in [0, 0.05) is 34.2 Å². The number of aliphatic imine (C=N–C) groups is 1. The molecule has 0 spiro atoms. The monoisotopic (exact) mass is 391 g/mol. The van der Waals surface area contributed by atoms with E-state index in [-0.39, 0.29) is 23.2 Å². The van der Waals surface area contributed by atoms with E-state index in [0.29, 0.717) is 19.0 Å². The van der Waals surface area contributed by atoms with Crippen molar-refractivity contribution < 1.29 is 9.18 Å². The molecular weight excluding hydrogens is 357 g/mol. The maximum Gasteiger partial charge on any atom is 0.230 e. The quantitative estimate of drug-likeness (QED) is 0.553.